The van der Waals surface area contributed by atoms with Crippen LogP contribution in [0.4, 0.5) is 5.82 Å². The van der Waals surface area contributed by atoms with Gasteiger partial charge in [0.25, 0.3) is 5.56 Å². The van der Waals surface area contributed by atoms with Gasteiger partial charge in [0.05, 0.1) is 22.8 Å². The largest absolute Gasteiger partial charge is 0.347 e. The van der Waals surface area contributed by atoms with Gasteiger partial charge in [-0.15, -0.1) is 0 Å². The molecule has 0 aliphatic carbocycles. The van der Waals surface area contributed by atoms with Crippen molar-refractivity contribution in [3.8, 4) is 0 Å². The molecule has 23 heavy (non-hydrogen) atoms. The minimum absolute atomic E-state index is 0.0390. The number of para-hydroxylation sites is 2. The summed E-state index contributed by atoms with van der Waals surface area (Å²) in [5.74, 6) is 0.448. The molecule has 2 heterocycles. The first kappa shape index (κ1) is 15.2. The molecule has 0 saturated carbocycles. The number of rotatable bonds is 4. The maximum atomic E-state index is 12.8. The van der Waals surface area contributed by atoms with E-state index in [0.717, 1.165) is 16.7 Å². The molecule has 1 aromatic carbocycles. The molecular formula is C18H20N4O. The van der Waals surface area contributed by atoms with Gasteiger partial charge in [-0.05, 0) is 38.1 Å². The minimum atomic E-state index is -0.0727. The molecule has 5 heteroatoms. The van der Waals surface area contributed by atoms with Crippen molar-refractivity contribution in [3.63, 3.8) is 0 Å². The molecule has 2 aromatic heterocycles. The standard InChI is InChI=1S/C18H20N4O/c1-4-22-16-11-6-5-10-15(16)20-17(18(22)23)21(3)13(2)14-9-7-8-12-19-14/h5-13H,4H2,1-3H3/t13-/m1/s1. The Morgan fingerprint density at radius 1 is 1.17 bits per heavy atom. The van der Waals surface area contributed by atoms with Crippen molar-refractivity contribution in [2.24, 2.45) is 0 Å². The first-order valence-corrected chi connectivity index (χ1v) is 7.76. The number of aryl methyl sites for hydroxylation is 1. The van der Waals surface area contributed by atoms with Crippen LogP contribution in [0.25, 0.3) is 11.0 Å². The normalized spacial score (nSPS) is 12.3. The van der Waals surface area contributed by atoms with Crippen molar-refractivity contribution < 1.29 is 0 Å². The first-order valence-electron chi connectivity index (χ1n) is 7.76. The number of anilines is 1. The molecule has 0 aliphatic rings. The number of hydrogen-bond donors (Lipinski definition) is 0. The van der Waals surface area contributed by atoms with E-state index in [1.807, 2.05) is 68.3 Å². The van der Waals surface area contributed by atoms with E-state index in [-0.39, 0.29) is 11.6 Å². The van der Waals surface area contributed by atoms with Crippen molar-refractivity contribution >= 4 is 16.9 Å². The molecule has 0 aliphatic heterocycles. The Balaban J connectivity index is 2.12. The van der Waals surface area contributed by atoms with Crippen LogP contribution in [0.3, 0.4) is 0 Å². The van der Waals surface area contributed by atoms with Gasteiger partial charge >= 0.3 is 0 Å². The summed E-state index contributed by atoms with van der Waals surface area (Å²) in [6.07, 6.45) is 1.76. The second-order valence-corrected chi connectivity index (χ2v) is 5.52. The van der Waals surface area contributed by atoms with Crippen LogP contribution >= 0.6 is 0 Å². The van der Waals surface area contributed by atoms with Gasteiger partial charge in [0.1, 0.15) is 0 Å². The minimum Gasteiger partial charge on any atom is -0.347 e. The molecular weight excluding hydrogens is 288 g/mol. The fraction of sp³-hybridized carbons (Fsp3) is 0.278. The smallest absolute Gasteiger partial charge is 0.294 e. The Morgan fingerprint density at radius 2 is 1.91 bits per heavy atom. The lowest BCUT2D eigenvalue weighted by molar-refractivity contribution is 0.683. The summed E-state index contributed by atoms with van der Waals surface area (Å²) in [4.78, 5) is 23.7. The molecule has 1 atom stereocenters. The lowest BCUT2D eigenvalue weighted by Gasteiger charge is -2.25. The summed E-state index contributed by atoms with van der Waals surface area (Å²) in [6.45, 7) is 4.61. The van der Waals surface area contributed by atoms with Crippen LogP contribution in [0.1, 0.15) is 25.6 Å². The average Bonchev–Trinajstić information content (AvgIpc) is 2.61. The van der Waals surface area contributed by atoms with Crippen molar-refractivity contribution in [3.05, 3.63) is 64.7 Å². The topological polar surface area (TPSA) is 51.0 Å². The predicted molar refractivity (Wildman–Crippen MR) is 92.7 cm³/mol. The molecule has 3 aromatic rings. The van der Waals surface area contributed by atoms with Gasteiger partial charge in [-0.2, -0.15) is 0 Å². The number of hydrogen-bond acceptors (Lipinski definition) is 4. The van der Waals surface area contributed by atoms with E-state index in [0.29, 0.717) is 12.4 Å². The molecule has 3 rings (SSSR count). The highest BCUT2D eigenvalue weighted by Gasteiger charge is 2.19. The van der Waals surface area contributed by atoms with Crippen LogP contribution in [-0.2, 0) is 6.54 Å². The van der Waals surface area contributed by atoms with E-state index < -0.39 is 0 Å². The molecule has 0 unspecified atom stereocenters. The predicted octanol–water partition coefficient (Wildman–Crippen LogP) is 3.01. The fourth-order valence-corrected chi connectivity index (χ4v) is 2.73. The first-order chi connectivity index (χ1) is 11.1. The Kier molecular flexibility index (Phi) is 4.10. The molecule has 0 N–H and O–H groups in total. The highest BCUT2D eigenvalue weighted by Crippen LogP contribution is 2.21. The second-order valence-electron chi connectivity index (χ2n) is 5.52. The van der Waals surface area contributed by atoms with E-state index in [4.69, 9.17) is 0 Å². The summed E-state index contributed by atoms with van der Waals surface area (Å²) in [5, 5.41) is 0. The number of pyridine rings is 1. The van der Waals surface area contributed by atoms with Crippen LogP contribution < -0.4 is 10.5 Å². The molecule has 0 amide bonds. The molecule has 0 radical (unpaired) electrons. The monoisotopic (exact) mass is 308 g/mol. The van der Waals surface area contributed by atoms with Gasteiger partial charge in [-0.1, -0.05) is 18.2 Å². The van der Waals surface area contributed by atoms with Gasteiger partial charge in [0.2, 0.25) is 0 Å². The van der Waals surface area contributed by atoms with E-state index >= 15 is 0 Å². The third kappa shape index (κ3) is 2.70. The van der Waals surface area contributed by atoms with Crippen molar-refractivity contribution in [2.45, 2.75) is 26.4 Å². The van der Waals surface area contributed by atoms with E-state index in [1.54, 1.807) is 10.8 Å². The van der Waals surface area contributed by atoms with Crippen LogP contribution in [-0.4, -0.2) is 21.6 Å². The van der Waals surface area contributed by atoms with Gasteiger partial charge in [-0.3, -0.25) is 9.78 Å². The number of benzene rings is 1. The molecule has 0 fully saturated rings. The van der Waals surface area contributed by atoms with Gasteiger partial charge in [0.15, 0.2) is 5.82 Å². The fourth-order valence-electron chi connectivity index (χ4n) is 2.73. The van der Waals surface area contributed by atoms with Crippen LogP contribution in [0, 0.1) is 0 Å². The molecule has 118 valence electrons. The summed E-state index contributed by atoms with van der Waals surface area (Å²) in [6, 6.07) is 13.5. The maximum absolute atomic E-state index is 12.8. The lowest BCUT2D eigenvalue weighted by Crippen LogP contribution is -2.33. The van der Waals surface area contributed by atoms with Crippen LogP contribution in [0.5, 0.6) is 0 Å². The second kappa shape index (κ2) is 6.20. The third-order valence-corrected chi connectivity index (χ3v) is 4.18. The number of nitrogens with zero attached hydrogens (tertiary/aromatic N) is 4. The molecule has 0 spiro atoms. The highest BCUT2D eigenvalue weighted by molar-refractivity contribution is 5.76. The van der Waals surface area contributed by atoms with Crippen molar-refractivity contribution in [1.82, 2.24) is 14.5 Å². The van der Waals surface area contributed by atoms with E-state index in [2.05, 4.69) is 9.97 Å². The molecule has 5 nitrogen and oxygen atoms in total. The van der Waals surface area contributed by atoms with Gasteiger partial charge in [0, 0.05) is 19.8 Å². The SMILES string of the molecule is CCn1c(=O)c(N(C)[C@H](C)c2ccccn2)nc2ccccc21. The summed E-state index contributed by atoms with van der Waals surface area (Å²) >= 11 is 0. The van der Waals surface area contributed by atoms with E-state index in [9.17, 15) is 4.79 Å². The summed E-state index contributed by atoms with van der Waals surface area (Å²) < 4.78 is 1.76. The Hall–Kier alpha value is -2.69. The van der Waals surface area contributed by atoms with Crippen molar-refractivity contribution in [2.75, 3.05) is 11.9 Å². The maximum Gasteiger partial charge on any atom is 0.294 e. The average molecular weight is 308 g/mol. The molecule has 0 saturated heterocycles. The Morgan fingerprint density at radius 3 is 2.61 bits per heavy atom. The van der Waals surface area contributed by atoms with Crippen molar-refractivity contribution in [1.29, 1.82) is 0 Å². The summed E-state index contributed by atoms with van der Waals surface area (Å²) in [5.41, 5.74) is 2.52. The van der Waals surface area contributed by atoms with Crippen LogP contribution in [0.15, 0.2) is 53.5 Å². The quantitative estimate of drug-likeness (QED) is 0.743. The highest BCUT2D eigenvalue weighted by atomic mass is 16.1. The third-order valence-electron chi connectivity index (χ3n) is 4.18. The van der Waals surface area contributed by atoms with E-state index in [1.165, 1.54) is 0 Å². The lowest BCUT2D eigenvalue weighted by atomic mass is 10.2. The zero-order valence-electron chi connectivity index (χ0n) is 13.6. The Bertz CT molecular complexity index is 873. The zero-order valence-corrected chi connectivity index (χ0v) is 13.6. The number of aromatic nitrogens is 3. The van der Waals surface area contributed by atoms with Gasteiger partial charge in [-0.25, -0.2) is 4.98 Å². The number of fused-ring (bicyclic) bond motifs is 1. The Labute approximate surface area is 135 Å². The van der Waals surface area contributed by atoms with Gasteiger partial charge < -0.3 is 9.47 Å². The zero-order chi connectivity index (χ0) is 16.4. The molecule has 0 bridgehead atoms. The summed E-state index contributed by atoms with van der Waals surface area (Å²) in [7, 11) is 1.89. The van der Waals surface area contributed by atoms with Crippen LogP contribution in [0.2, 0.25) is 0 Å².